The van der Waals surface area contributed by atoms with Crippen molar-refractivity contribution in [1.82, 2.24) is 10.6 Å². The molecule has 1 spiro atoms. The molecule has 0 bridgehead atoms. The average Bonchev–Trinajstić information content (AvgIpc) is 2.95. The SMILES string of the molecule is COc1ccccc1CCC(=O)N[C@H]1COC2(CCNCC2)C1. The Hall–Kier alpha value is -1.59. The van der Waals surface area contributed by atoms with Crippen molar-refractivity contribution >= 4 is 5.91 Å². The van der Waals surface area contributed by atoms with Crippen LogP contribution in [-0.4, -0.2) is 44.4 Å². The first-order chi connectivity index (χ1) is 11.2. The number of amides is 1. The van der Waals surface area contributed by atoms with Crippen molar-refractivity contribution in [3.63, 3.8) is 0 Å². The number of hydrogen-bond donors (Lipinski definition) is 2. The molecule has 1 amide bonds. The van der Waals surface area contributed by atoms with E-state index in [-0.39, 0.29) is 17.6 Å². The number of aryl methyl sites for hydroxylation is 1. The van der Waals surface area contributed by atoms with E-state index >= 15 is 0 Å². The second-order valence-electron chi connectivity index (χ2n) is 6.52. The van der Waals surface area contributed by atoms with E-state index in [2.05, 4.69) is 10.6 Å². The Morgan fingerprint density at radius 3 is 2.96 bits per heavy atom. The molecule has 2 saturated heterocycles. The van der Waals surface area contributed by atoms with Crippen LogP contribution in [0.1, 0.15) is 31.2 Å². The summed E-state index contributed by atoms with van der Waals surface area (Å²) in [6.07, 6.45) is 4.19. The van der Waals surface area contributed by atoms with Gasteiger partial charge >= 0.3 is 0 Å². The van der Waals surface area contributed by atoms with Crippen LogP contribution in [0.2, 0.25) is 0 Å². The van der Waals surface area contributed by atoms with E-state index in [9.17, 15) is 4.79 Å². The molecule has 3 rings (SSSR count). The van der Waals surface area contributed by atoms with Crippen molar-refractivity contribution in [2.75, 3.05) is 26.8 Å². The molecule has 2 aliphatic rings. The number of nitrogens with one attached hydrogen (secondary N) is 2. The molecule has 2 aliphatic heterocycles. The Bertz CT molecular complexity index is 541. The van der Waals surface area contributed by atoms with Gasteiger partial charge in [-0.15, -0.1) is 0 Å². The summed E-state index contributed by atoms with van der Waals surface area (Å²) in [6.45, 7) is 2.66. The molecule has 0 aromatic heterocycles. The van der Waals surface area contributed by atoms with Gasteiger partial charge in [-0.25, -0.2) is 0 Å². The largest absolute Gasteiger partial charge is 0.496 e. The van der Waals surface area contributed by atoms with Gasteiger partial charge in [0.2, 0.25) is 5.91 Å². The molecule has 5 nitrogen and oxygen atoms in total. The molecule has 2 N–H and O–H groups in total. The zero-order chi connectivity index (χ0) is 16.1. The van der Waals surface area contributed by atoms with Crippen molar-refractivity contribution in [2.24, 2.45) is 0 Å². The first kappa shape index (κ1) is 16.3. The Balaban J connectivity index is 1.46. The molecule has 0 saturated carbocycles. The lowest BCUT2D eigenvalue weighted by Crippen LogP contribution is -2.43. The van der Waals surface area contributed by atoms with Gasteiger partial charge in [-0.2, -0.15) is 0 Å². The molecule has 2 fully saturated rings. The highest BCUT2D eigenvalue weighted by Crippen LogP contribution is 2.33. The van der Waals surface area contributed by atoms with Gasteiger partial charge in [-0.1, -0.05) is 18.2 Å². The predicted octanol–water partition coefficient (Wildman–Crippen LogP) is 1.66. The summed E-state index contributed by atoms with van der Waals surface area (Å²) in [4.78, 5) is 12.2. The normalized spacial score (nSPS) is 22.9. The van der Waals surface area contributed by atoms with E-state index < -0.39 is 0 Å². The highest BCUT2D eigenvalue weighted by atomic mass is 16.5. The highest BCUT2D eigenvalue weighted by Gasteiger charge is 2.41. The topological polar surface area (TPSA) is 59.6 Å². The maximum Gasteiger partial charge on any atom is 0.220 e. The van der Waals surface area contributed by atoms with Crippen LogP contribution in [0.15, 0.2) is 24.3 Å². The third-order valence-corrected chi connectivity index (χ3v) is 4.90. The van der Waals surface area contributed by atoms with Gasteiger partial charge in [0.1, 0.15) is 5.75 Å². The van der Waals surface area contributed by atoms with E-state index in [1.165, 1.54) is 0 Å². The number of rotatable bonds is 5. The minimum absolute atomic E-state index is 0.00809. The lowest BCUT2D eigenvalue weighted by molar-refractivity contribution is -0.121. The third-order valence-electron chi connectivity index (χ3n) is 4.90. The number of benzene rings is 1. The van der Waals surface area contributed by atoms with Crippen LogP contribution < -0.4 is 15.4 Å². The molecule has 0 unspecified atom stereocenters. The first-order valence-corrected chi connectivity index (χ1v) is 8.47. The zero-order valence-electron chi connectivity index (χ0n) is 13.8. The lowest BCUT2D eigenvalue weighted by atomic mass is 9.88. The summed E-state index contributed by atoms with van der Waals surface area (Å²) in [5.74, 6) is 0.939. The Labute approximate surface area is 137 Å². The number of piperidine rings is 1. The summed E-state index contributed by atoms with van der Waals surface area (Å²) in [6, 6.07) is 8.00. The summed E-state index contributed by atoms with van der Waals surface area (Å²) < 4.78 is 11.3. The summed E-state index contributed by atoms with van der Waals surface area (Å²) in [5, 5.41) is 6.49. The quantitative estimate of drug-likeness (QED) is 0.867. The minimum atomic E-state index is -0.00809. The van der Waals surface area contributed by atoms with E-state index in [0.29, 0.717) is 19.4 Å². The Kier molecular flexibility index (Phi) is 5.18. The van der Waals surface area contributed by atoms with Gasteiger partial charge in [0, 0.05) is 6.42 Å². The van der Waals surface area contributed by atoms with Crippen molar-refractivity contribution in [1.29, 1.82) is 0 Å². The second kappa shape index (κ2) is 7.32. The first-order valence-electron chi connectivity index (χ1n) is 8.47. The smallest absolute Gasteiger partial charge is 0.220 e. The molecular formula is C18H26N2O3. The summed E-state index contributed by atoms with van der Waals surface area (Å²) >= 11 is 0. The maximum absolute atomic E-state index is 12.2. The van der Waals surface area contributed by atoms with E-state index in [1.54, 1.807) is 7.11 Å². The van der Waals surface area contributed by atoms with Crippen LogP contribution in [0.3, 0.4) is 0 Å². The molecule has 0 radical (unpaired) electrons. The number of ether oxygens (including phenoxy) is 2. The minimum Gasteiger partial charge on any atom is -0.496 e. The molecule has 1 aromatic rings. The van der Waals surface area contributed by atoms with E-state index in [1.807, 2.05) is 24.3 Å². The van der Waals surface area contributed by atoms with Crippen LogP contribution in [0.4, 0.5) is 0 Å². The number of hydrogen-bond acceptors (Lipinski definition) is 4. The summed E-state index contributed by atoms with van der Waals surface area (Å²) in [5.41, 5.74) is 1.06. The van der Waals surface area contributed by atoms with Gasteiger partial charge in [0.25, 0.3) is 0 Å². The van der Waals surface area contributed by atoms with Gasteiger partial charge < -0.3 is 20.1 Å². The molecule has 2 heterocycles. The van der Waals surface area contributed by atoms with Crippen molar-refractivity contribution in [2.45, 2.75) is 43.7 Å². The van der Waals surface area contributed by atoms with Gasteiger partial charge in [0.15, 0.2) is 0 Å². The van der Waals surface area contributed by atoms with Crippen molar-refractivity contribution in [3.05, 3.63) is 29.8 Å². The zero-order valence-corrected chi connectivity index (χ0v) is 13.8. The molecule has 1 atom stereocenters. The van der Waals surface area contributed by atoms with Crippen LogP contribution in [0.5, 0.6) is 5.75 Å². The highest BCUT2D eigenvalue weighted by molar-refractivity contribution is 5.76. The third kappa shape index (κ3) is 4.03. The van der Waals surface area contributed by atoms with Crippen LogP contribution >= 0.6 is 0 Å². The van der Waals surface area contributed by atoms with Gasteiger partial charge in [-0.05, 0) is 50.4 Å². The van der Waals surface area contributed by atoms with Gasteiger partial charge in [-0.3, -0.25) is 4.79 Å². The van der Waals surface area contributed by atoms with E-state index in [4.69, 9.17) is 9.47 Å². The van der Waals surface area contributed by atoms with Gasteiger partial charge in [0.05, 0.1) is 25.4 Å². The standard InChI is InChI=1S/C18H26N2O3/c1-22-16-5-3-2-4-14(16)6-7-17(21)20-15-12-18(23-13-15)8-10-19-11-9-18/h2-5,15,19H,6-13H2,1H3,(H,20,21)/t15-/m1/s1. The maximum atomic E-state index is 12.2. The van der Waals surface area contributed by atoms with Crippen molar-refractivity contribution in [3.8, 4) is 5.75 Å². The fourth-order valence-electron chi connectivity index (χ4n) is 3.63. The Morgan fingerprint density at radius 1 is 1.39 bits per heavy atom. The molecule has 5 heteroatoms. The van der Waals surface area contributed by atoms with Crippen LogP contribution in [0.25, 0.3) is 0 Å². The number of methoxy groups -OCH3 is 1. The molecule has 1 aromatic carbocycles. The number of carbonyl (C=O) groups is 1. The Morgan fingerprint density at radius 2 is 2.17 bits per heavy atom. The second-order valence-corrected chi connectivity index (χ2v) is 6.52. The summed E-state index contributed by atoms with van der Waals surface area (Å²) in [7, 11) is 1.66. The average molecular weight is 318 g/mol. The van der Waals surface area contributed by atoms with Crippen LogP contribution in [0, 0.1) is 0 Å². The van der Waals surface area contributed by atoms with E-state index in [0.717, 1.165) is 43.7 Å². The fourth-order valence-corrected chi connectivity index (χ4v) is 3.63. The number of para-hydroxylation sites is 1. The lowest BCUT2D eigenvalue weighted by Gasteiger charge is -2.32. The molecule has 126 valence electrons. The molecular weight excluding hydrogens is 292 g/mol. The number of carbonyl (C=O) groups excluding carboxylic acids is 1. The van der Waals surface area contributed by atoms with Crippen molar-refractivity contribution < 1.29 is 14.3 Å². The monoisotopic (exact) mass is 318 g/mol. The molecule has 0 aliphatic carbocycles. The van der Waals surface area contributed by atoms with Crippen LogP contribution in [-0.2, 0) is 16.0 Å². The fraction of sp³-hybridized carbons (Fsp3) is 0.611. The predicted molar refractivity (Wildman–Crippen MR) is 88.6 cm³/mol. The molecule has 23 heavy (non-hydrogen) atoms.